The van der Waals surface area contributed by atoms with Crippen molar-refractivity contribution in [1.82, 2.24) is 10.2 Å². The summed E-state index contributed by atoms with van der Waals surface area (Å²) in [6.07, 6.45) is 0.356. The van der Waals surface area contributed by atoms with Crippen LogP contribution in [-0.4, -0.2) is 35.9 Å². The van der Waals surface area contributed by atoms with Gasteiger partial charge >= 0.3 is 0 Å². The Morgan fingerprint density at radius 2 is 1.64 bits per heavy atom. The molecule has 0 aliphatic heterocycles. The topological polar surface area (TPSA) is 58.6 Å². The van der Waals surface area contributed by atoms with E-state index >= 15 is 0 Å². The first-order valence-electron chi connectivity index (χ1n) is 10.7. The summed E-state index contributed by atoms with van der Waals surface area (Å²) in [5, 5.41) is 3.78. The minimum atomic E-state index is -0.744. The highest BCUT2D eigenvalue weighted by Gasteiger charge is 2.30. The maximum absolute atomic E-state index is 13.4. The molecular formula is C26H26Cl2N2O3. The van der Waals surface area contributed by atoms with Crippen LogP contribution in [0.15, 0.2) is 78.9 Å². The number of rotatable bonds is 10. The maximum atomic E-state index is 13.4. The summed E-state index contributed by atoms with van der Waals surface area (Å²) in [6.45, 7) is 2.23. The first kappa shape index (κ1) is 24.6. The van der Waals surface area contributed by atoms with Crippen molar-refractivity contribution in [2.45, 2.75) is 25.9 Å². The van der Waals surface area contributed by atoms with Crippen LogP contribution in [0.2, 0.25) is 10.0 Å². The first-order chi connectivity index (χ1) is 16.0. The molecule has 3 aromatic carbocycles. The highest BCUT2D eigenvalue weighted by atomic mass is 35.5. The van der Waals surface area contributed by atoms with Gasteiger partial charge < -0.3 is 15.0 Å². The number of halogens is 2. The fourth-order valence-electron chi connectivity index (χ4n) is 3.42. The third-order valence-corrected chi connectivity index (χ3v) is 5.67. The predicted octanol–water partition coefficient (Wildman–Crippen LogP) is 5.15. The predicted molar refractivity (Wildman–Crippen MR) is 132 cm³/mol. The van der Waals surface area contributed by atoms with Crippen LogP contribution in [0, 0.1) is 0 Å². The van der Waals surface area contributed by atoms with Crippen molar-refractivity contribution in [3.63, 3.8) is 0 Å². The lowest BCUT2D eigenvalue weighted by atomic mass is 10.0. The van der Waals surface area contributed by atoms with Gasteiger partial charge in [-0.2, -0.15) is 0 Å². The summed E-state index contributed by atoms with van der Waals surface area (Å²) in [7, 11) is 0. The smallest absolute Gasteiger partial charge is 0.261 e. The normalized spacial score (nSPS) is 11.5. The number of hydrogen-bond donors (Lipinski definition) is 1. The number of amides is 2. The van der Waals surface area contributed by atoms with Crippen molar-refractivity contribution in [3.05, 3.63) is 100 Å². The molecule has 0 aliphatic carbocycles. The standard InChI is InChI=1S/C26H26Cl2N2O3/c1-2-29-26(32)24(15-19-9-5-3-6-10-19)30(17-20-13-14-21(27)16-23(20)28)25(31)18-33-22-11-7-4-8-12-22/h3-14,16,24H,2,15,17-18H2,1H3,(H,29,32)/t24-/m1/s1. The second-order valence-electron chi connectivity index (χ2n) is 7.46. The molecule has 0 aromatic heterocycles. The second-order valence-corrected chi connectivity index (χ2v) is 8.30. The quantitative estimate of drug-likeness (QED) is 0.432. The lowest BCUT2D eigenvalue weighted by Gasteiger charge is -2.31. The van der Waals surface area contributed by atoms with Crippen LogP contribution in [0.5, 0.6) is 5.75 Å². The SMILES string of the molecule is CCNC(=O)[C@@H](Cc1ccccc1)N(Cc1ccc(Cl)cc1Cl)C(=O)COc1ccccc1. The minimum Gasteiger partial charge on any atom is -0.484 e. The summed E-state index contributed by atoms with van der Waals surface area (Å²) >= 11 is 12.4. The molecule has 0 fully saturated rings. The van der Waals surface area contributed by atoms with Crippen molar-refractivity contribution in [2.24, 2.45) is 0 Å². The van der Waals surface area contributed by atoms with Crippen LogP contribution >= 0.6 is 23.2 Å². The Morgan fingerprint density at radius 3 is 2.27 bits per heavy atom. The lowest BCUT2D eigenvalue weighted by molar-refractivity contribution is -0.142. The molecule has 7 heteroatoms. The Kier molecular flexibility index (Phi) is 9.16. The zero-order valence-electron chi connectivity index (χ0n) is 18.3. The van der Waals surface area contributed by atoms with Gasteiger partial charge in [0.2, 0.25) is 5.91 Å². The van der Waals surface area contributed by atoms with Gasteiger partial charge in [-0.05, 0) is 42.3 Å². The van der Waals surface area contributed by atoms with E-state index in [0.29, 0.717) is 34.3 Å². The van der Waals surface area contributed by atoms with Crippen LogP contribution in [0.3, 0.4) is 0 Å². The molecule has 0 saturated carbocycles. The molecule has 172 valence electrons. The van der Waals surface area contributed by atoms with Crippen molar-refractivity contribution in [2.75, 3.05) is 13.2 Å². The molecule has 1 atom stereocenters. The third kappa shape index (κ3) is 7.24. The number of carbonyl (C=O) groups excluding carboxylic acids is 2. The number of nitrogens with one attached hydrogen (secondary N) is 1. The molecule has 0 unspecified atom stereocenters. The summed E-state index contributed by atoms with van der Waals surface area (Å²) in [4.78, 5) is 28.0. The minimum absolute atomic E-state index is 0.140. The molecule has 33 heavy (non-hydrogen) atoms. The van der Waals surface area contributed by atoms with Crippen LogP contribution in [0.1, 0.15) is 18.1 Å². The van der Waals surface area contributed by atoms with E-state index in [2.05, 4.69) is 5.32 Å². The van der Waals surface area contributed by atoms with Crippen LogP contribution in [0.25, 0.3) is 0 Å². The molecule has 3 aromatic rings. The van der Waals surface area contributed by atoms with E-state index in [0.717, 1.165) is 5.56 Å². The monoisotopic (exact) mass is 484 g/mol. The number of carbonyl (C=O) groups is 2. The summed E-state index contributed by atoms with van der Waals surface area (Å²) in [6, 6.07) is 23.0. The zero-order valence-corrected chi connectivity index (χ0v) is 19.9. The fraction of sp³-hybridized carbons (Fsp3) is 0.231. The van der Waals surface area contributed by atoms with Crippen molar-refractivity contribution in [1.29, 1.82) is 0 Å². The Bertz CT molecular complexity index is 1060. The number of benzene rings is 3. The summed E-state index contributed by atoms with van der Waals surface area (Å²) in [5.74, 6) is 0.0181. The molecule has 0 saturated heterocycles. The van der Waals surface area contributed by atoms with Crippen LogP contribution in [0.4, 0.5) is 0 Å². The maximum Gasteiger partial charge on any atom is 0.261 e. The molecule has 1 N–H and O–H groups in total. The molecule has 0 bridgehead atoms. The number of hydrogen-bond acceptors (Lipinski definition) is 3. The Hall–Kier alpha value is -3.02. The van der Waals surface area contributed by atoms with E-state index in [1.54, 1.807) is 30.3 Å². The lowest BCUT2D eigenvalue weighted by Crippen LogP contribution is -2.51. The average molecular weight is 485 g/mol. The average Bonchev–Trinajstić information content (AvgIpc) is 2.82. The Labute approximate surface area is 204 Å². The molecular weight excluding hydrogens is 459 g/mol. The van der Waals surface area contributed by atoms with Gasteiger partial charge in [0.1, 0.15) is 11.8 Å². The van der Waals surface area contributed by atoms with Crippen molar-refractivity contribution in [3.8, 4) is 5.75 Å². The van der Waals surface area contributed by atoms with Gasteiger partial charge in [-0.15, -0.1) is 0 Å². The van der Waals surface area contributed by atoms with Gasteiger partial charge in [0.25, 0.3) is 5.91 Å². The Morgan fingerprint density at radius 1 is 0.970 bits per heavy atom. The number of likely N-dealkylation sites (N-methyl/N-ethyl adjacent to an activating group) is 1. The van der Waals surface area contributed by atoms with E-state index in [-0.39, 0.29) is 25.0 Å². The fourth-order valence-corrected chi connectivity index (χ4v) is 3.89. The van der Waals surface area contributed by atoms with E-state index in [4.69, 9.17) is 27.9 Å². The molecule has 0 spiro atoms. The van der Waals surface area contributed by atoms with Crippen LogP contribution in [-0.2, 0) is 22.6 Å². The van der Waals surface area contributed by atoms with Gasteiger partial charge in [0.05, 0.1) is 0 Å². The summed E-state index contributed by atoms with van der Waals surface area (Å²) < 4.78 is 5.70. The van der Waals surface area contributed by atoms with Gasteiger partial charge in [0, 0.05) is 29.6 Å². The highest BCUT2D eigenvalue weighted by molar-refractivity contribution is 6.35. The van der Waals surface area contributed by atoms with Crippen LogP contribution < -0.4 is 10.1 Å². The van der Waals surface area contributed by atoms with Gasteiger partial charge in [0.15, 0.2) is 6.61 Å². The first-order valence-corrected chi connectivity index (χ1v) is 11.5. The summed E-state index contributed by atoms with van der Waals surface area (Å²) in [5.41, 5.74) is 1.63. The molecule has 0 radical (unpaired) electrons. The molecule has 2 amide bonds. The van der Waals surface area contributed by atoms with Crippen molar-refractivity contribution < 1.29 is 14.3 Å². The molecule has 5 nitrogen and oxygen atoms in total. The third-order valence-electron chi connectivity index (χ3n) is 5.08. The largest absolute Gasteiger partial charge is 0.484 e. The van der Waals surface area contributed by atoms with Gasteiger partial charge in [-0.3, -0.25) is 9.59 Å². The van der Waals surface area contributed by atoms with E-state index in [1.165, 1.54) is 4.90 Å². The molecule has 0 heterocycles. The van der Waals surface area contributed by atoms with Crippen molar-refractivity contribution >= 4 is 35.0 Å². The van der Waals surface area contributed by atoms with Gasteiger partial charge in [-0.1, -0.05) is 77.8 Å². The van der Waals surface area contributed by atoms with E-state index < -0.39 is 6.04 Å². The Balaban J connectivity index is 1.91. The number of para-hydroxylation sites is 1. The second kappa shape index (κ2) is 12.3. The van der Waals surface area contributed by atoms with E-state index in [9.17, 15) is 9.59 Å². The van der Waals surface area contributed by atoms with E-state index in [1.807, 2.05) is 55.5 Å². The van der Waals surface area contributed by atoms with Gasteiger partial charge in [-0.25, -0.2) is 0 Å². The molecule has 0 aliphatic rings. The number of nitrogens with zero attached hydrogens (tertiary/aromatic N) is 1. The number of ether oxygens (including phenoxy) is 1. The zero-order chi connectivity index (χ0) is 23.6. The highest BCUT2D eigenvalue weighted by Crippen LogP contribution is 2.24. The molecule has 3 rings (SSSR count).